The first kappa shape index (κ1) is 19.0. The third-order valence-electron chi connectivity index (χ3n) is 4.26. The predicted octanol–water partition coefficient (Wildman–Crippen LogP) is 4.24. The molecule has 0 spiro atoms. The van der Waals surface area contributed by atoms with Crippen molar-refractivity contribution < 1.29 is 14.4 Å². The van der Waals surface area contributed by atoms with E-state index in [-0.39, 0.29) is 17.6 Å². The van der Waals surface area contributed by atoms with Crippen molar-refractivity contribution in [1.82, 2.24) is 4.90 Å². The Hall–Kier alpha value is -3.73. The highest BCUT2D eigenvalue weighted by Gasteiger charge is 2.28. The highest BCUT2D eigenvalue weighted by Crippen LogP contribution is 2.26. The second kappa shape index (κ2) is 8.31. The first-order valence-electron chi connectivity index (χ1n) is 8.80. The summed E-state index contributed by atoms with van der Waals surface area (Å²) in [7, 11) is 3.41. The van der Waals surface area contributed by atoms with Crippen LogP contribution in [-0.4, -0.2) is 36.6 Å². The average Bonchev–Trinajstić information content (AvgIpc) is 2.73. The summed E-state index contributed by atoms with van der Waals surface area (Å²) >= 11 is 0. The van der Waals surface area contributed by atoms with Crippen molar-refractivity contribution in [2.45, 2.75) is 0 Å². The van der Waals surface area contributed by atoms with Gasteiger partial charge in [0.15, 0.2) is 11.6 Å². The van der Waals surface area contributed by atoms with Gasteiger partial charge in [-0.3, -0.25) is 9.59 Å². The molecular weight excluding hydrogens is 352 g/mol. The summed E-state index contributed by atoms with van der Waals surface area (Å²) in [5, 5.41) is 2.73. The van der Waals surface area contributed by atoms with Gasteiger partial charge in [0.25, 0.3) is 0 Å². The van der Waals surface area contributed by atoms with Gasteiger partial charge in [0.2, 0.25) is 0 Å². The highest BCUT2D eigenvalue weighted by molar-refractivity contribution is 6.28. The summed E-state index contributed by atoms with van der Waals surface area (Å²) in [6.45, 7) is 0. The lowest BCUT2D eigenvalue weighted by atomic mass is 9.84. The molecule has 1 N–H and O–H groups in total. The number of carbonyl (C=O) groups excluding carboxylic acids is 3. The van der Waals surface area contributed by atoms with E-state index < -0.39 is 0 Å². The lowest BCUT2D eigenvalue weighted by molar-refractivity contribution is 0.0979. The lowest BCUT2D eigenvalue weighted by Gasteiger charge is -2.16. The molecule has 0 aromatic heterocycles. The van der Waals surface area contributed by atoms with Crippen LogP contribution in [0.25, 0.3) is 0 Å². The minimum absolute atomic E-state index is 0.0641. The third kappa shape index (κ3) is 3.99. The van der Waals surface area contributed by atoms with E-state index in [2.05, 4.69) is 5.32 Å². The number of para-hydroxylation sites is 1. The Morgan fingerprint density at radius 2 is 1.00 bits per heavy atom. The molecule has 0 saturated heterocycles. The van der Waals surface area contributed by atoms with Gasteiger partial charge in [-0.05, 0) is 12.1 Å². The molecule has 1 aliphatic rings. The van der Waals surface area contributed by atoms with Crippen LogP contribution in [0.3, 0.4) is 0 Å². The number of carbonyl (C=O) groups is 3. The molecule has 2 amide bonds. The monoisotopic (exact) mass is 372 g/mol. The molecule has 4 rings (SSSR count). The van der Waals surface area contributed by atoms with Crippen molar-refractivity contribution >= 4 is 23.3 Å². The molecule has 0 heterocycles. The van der Waals surface area contributed by atoms with Crippen molar-refractivity contribution in [2.24, 2.45) is 0 Å². The Balaban J connectivity index is 0.000000169. The maximum Gasteiger partial charge on any atom is 0.321 e. The number of benzene rings is 3. The molecule has 3 aromatic rings. The largest absolute Gasteiger partial charge is 0.331 e. The predicted molar refractivity (Wildman–Crippen MR) is 109 cm³/mol. The fourth-order valence-electron chi connectivity index (χ4n) is 2.81. The lowest BCUT2D eigenvalue weighted by Crippen LogP contribution is -2.27. The number of nitrogens with one attached hydrogen (secondary N) is 1. The summed E-state index contributed by atoms with van der Waals surface area (Å²) in [5.74, 6) is -0.128. The van der Waals surface area contributed by atoms with Crippen LogP contribution in [0.5, 0.6) is 0 Å². The standard InChI is InChI=1S/C14H8O2.C9H12N2O/c15-13-9-5-1-2-6-10(9)14(16)12-8-4-3-7-11(12)13;1-11(2)9(12)10-8-6-4-3-5-7-8/h1-8H;3-7H,1-2H3,(H,10,12). The zero-order chi connectivity index (χ0) is 20.1. The maximum atomic E-state index is 12.1. The molecular formula is C23H20N2O3. The van der Waals surface area contributed by atoms with Gasteiger partial charge in [0.1, 0.15) is 0 Å². The maximum absolute atomic E-state index is 12.1. The fourth-order valence-corrected chi connectivity index (χ4v) is 2.81. The van der Waals surface area contributed by atoms with Gasteiger partial charge in [-0.15, -0.1) is 0 Å². The molecule has 0 saturated carbocycles. The highest BCUT2D eigenvalue weighted by atomic mass is 16.2. The Morgan fingerprint density at radius 3 is 1.36 bits per heavy atom. The quantitative estimate of drug-likeness (QED) is 0.543. The minimum atomic E-state index is -0.110. The Morgan fingerprint density at radius 1 is 0.643 bits per heavy atom. The SMILES string of the molecule is CN(C)C(=O)Nc1ccccc1.O=C1c2ccccc2C(=O)c2ccccc21. The number of amides is 2. The molecule has 3 aromatic carbocycles. The van der Waals surface area contributed by atoms with Gasteiger partial charge < -0.3 is 10.2 Å². The van der Waals surface area contributed by atoms with Crippen LogP contribution >= 0.6 is 0 Å². The molecule has 140 valence electrons. The smallest absolute Gasteiger partial charge is 0.321 e. The first-order valence-corrected chi connectivity index (χ1v) is 8.80. The van der Waals surface area contributed by atoms with Crippen LogP contribution in [0.4, 0.5) is 10.5 Å². The number of fused-ring (bicyclic) bond motifs is 2. The van der Waals surface area contributed by atoms with Gasteiger partial charge in [-0.1, -0.05) is 66.7 Å². The second-order valence-corrected chi connectivity index (χ2v) is 6.44. The molecule has 0 radical (unpaired) electrons. The first-order chi connectivity index (χ1) is 13.5. The number of hydrogen-bond donors (Lipinski definition) is 1. The Kier molecular flexibility index (Phi) is 5.65. The topological polar surface area (TPSA) is 66.5 Å². The summed E-state index contributed by atoms with van der Waals surface area (Å²) in [4.78, 5) is 36.8. The van der Waals surface area contributed by atoms with Gasteiger partial charge in [-0.25, -0.2) is 4.79 Å². The zero-order valence-electron chi connectivity index (χ0n) is 15.7. The van der Waals surface area contributed by atoms with Crippen LogP contribution in [0, 0.1) is 0 Å². The molecule has 5 nitrogen and oxygen atoms in total. The molecule has 0 fully saturated rings. The van der Waals surface area contributed by atoms with Gasteiger partial charge in [0, 0.05) is 42.0 Å². The molecule has 0 bridgehead atoms. The van der Waals surface area contributed by atoms with E-state index in [9.17, 15) is 14.4 Å². The van der Waals surface area contributed by atoms with E-state index in [0.29, 0.717) is 22.3 Å². The number of hydrogen-bond acceptors (Lipinski definition) is 3. The molecule has 0 atom stereocenters. The minimum Gasteiger partial charge on any atom is -0.331 e. The van der Waals surface area contributed by atoms with Gasteiger partial charge >= 0.3 is 6.03 Å². The Bertz CT molecular complexity index is 921. The number of ketones is 2. The van der Waals surface area contributed by atoms with E-state index in [0.717, 1.165) is 5.69 Å². The number of nitrogens with zero attached hydrogens (tertiary/aromatic N) is 1. The molecule has 5 heteroatoms. The number of urea groups is 1. The van der Waals surface area contributed by atoms with Gasteiger partial charge in [-0.2, -0.15) is 0 Å². The molecule has 0 unspecified atom stereocenters. The van der Waals surface area contributed by atoms with Crippen molar-refractivity contribution in [3.05, 3.63) is 101 Å². The number of rotatable bonds is 1. The molecule has 1 aliphatic carbocycles. The van der Waals surface area contributed by atoms with E-state index >= 15 is 0 Å². The van der Waals surface area contributed by atoms with Crippen molar-refractivity contribution in [3.8, 4) is 0 Å². The number of anilines is 1. The van der Waals surface area contributed by atoms with E-state index in [1.165, 1.54) is 4.90 Å². The van der Waals surface area contributed by atoms with Crippen molar-refractivity contribution in [2.75, 3.05) is 19.4 Å². The van der Waals surface area contributed by atoms with Crippen LogP contribution in [0.2, 0.25) is 0 Å². The van der Waals surface area contributed by atoms with Gasteiger partial charge in [0.05, 0.1) is 0 Å². The fraction of sp³-hybridized carbons (Fsp3) is 0.0870. The average molecular weight is 372 g/mol. The van der Waals surface area contributed by atoms with Crippen LogP contribution in [0.15, 0.2) is 78.9 Å². The summed E-state index contributed by atoms with van der Waals surface area (Å²) < 4.78 is 0. The normalized spacial score (nSPS) is 11.5. The van der Waals surface area contributed by atoms with E-state index in [1.807, 2.05) is 30.3 Å². The third-order valence-corrected chi connectivity index (χ3v) is 4.26. The Labute approximate surface area is 163 Å². The van der Waals surface area contributed by atoms with Crippen LogP contribution < -0.4 is 5.32 Å². The van der Waals surface area contributed by atoms with Crippen molar-refractivity contribution in [3.63, 3.8) is 0 Å². The summed E-state index contributed by atoms with van der Waals surface area (Å²) in [5.41, 5.74) is 2.84. The van der Waals surface area contributed by atoms with Crippen LogP contribution in [0.1, 0.15) is 31.8 Å². The van der Waals surface area contributed by atoms with Crippen molar-refractivity contribution in [1.29, 1.82) is 0 Å². The van der Waals surface area contributed by atoms with Crippen LogP contribution in [-0.2, 0) is 0 Å². The summed E-state index contributed by atoms with van der Waals surface area (Å²) in [6, 6.07) is 23.2. The zero-order valence-corrected chi connectivity index (χ0v) is 15.7. The second-order valence-electron chi connectivity index (χ2n) is 6.44. The molecule has 0 aliphatic heterocycles. The summed E-state index contributed by atoms with van der Waals surface area (Å²) in [6.07, 6.45) is 0. The van der Waals surface area contributed by atoms with E-state index in [4.69, 9.17) is 0 Å². The van der Waals surface area contributed by atoms with E-state index in [1.54, 1.807) is 62.6 Å². The molecule has 28 heavy (non-hydrogen) atoms.